The van der Waals surface area contributed by atoms with Crippen LogP contribution in [0.15, 0.2) is 34.9 Å². The molecule has 0 bridgehead atoms. The van der Waals surface area contributed by atoms with Crippen molar-refractivity contribution in [1.82, 2.24) is 24.8 Å². The molecular weight excluding hydrogens is 534 g/mol. The van der Waals surface area contributed by atoms with Crippen molar-refractivity contribution in [2.24, 2.45) is 0 Å². The van der Waals surface area contributed by atoms with Crippen LogP contribution in [0, 0.1) is 11.3 Å². The largest absolute Gasteiger partial charge is 0.379 e. The van der Waals surface area contributed by atoms with Gasteiger partial charge in [-0.1, -0.05) is 25.0 Å². The van der Waals surface area contributed by atoms with Crippen LogP contribution in [0.2, 0.25) is 0 Å². The quantitative estimate of drug-likeness (QED) is 0.504. The highest BCUT2D eigenvalue weighted by Gasteiger charge is 2.30. The first-order valence-corrected chi connectivity index (χ1v) is 14.1. The number of hydrogen-bond donors (Lipinski definition) is 1. The molecule has 0 unspecified atom stereocenters. The molecule has 0 spiro atoms. The predicted molar refractivity (Wildman–Crippen MR) is 144 cm³/mol. The molecule has 5 rings (SSSR count). The maximum Gasteiger partial charge on any atom is 0.272 e. The summed E-state index contributed by atoms with van der Waals surface area (Å²) >= 11 is 3.45. The molecule has 1 saturated carbocycles. The number of anilines is 1. The number of piperidine rings is 1. The summed E-state index contributed by atoms with van der Waals surface area (Å²) in [6.45, 7) is 6.77. The number of benzene rings is 1. The number of hydrazine groups is 1. The highest BCUT2D eigenvalue weighted by molar-refractivity contribution is 9.10. The topological polar surface area (TPSA) is 97.6 Å². The van der Waals surface area contributed by atoms with Crippen LogP contribution in [-0.2, 0) is 11.3 Å². The molecule has 0 atom stereocenters. The Balaban J connectivity index is 1.26. The molecule has 0 radical (unpaired) electrons. The van der Waals surface area contributed by atoms with Gasteiger partial charge in [0.1, 0.15) is 6.07 Å². The van der Waals surface area contributed by atoms with Crippen LogP contribution in [0.25, 0.3) is 0 Å². The summed E-state index contributed by atoms with van der Waals surface area (Å²) in [4.78, 5) is 27.1. The van der Waals surface area contributed by atoms with Crippen molar-refractivity contribution in [3.05, 3.63) is 51.9 Å². The predicted octanol–water partition coefficient (Wildman–Crippen LogP) is 3.82. The van der Waals surface area contributed by atoms with Crippen molar-refractivity contribution in [2.75, 3.05) is 44.8 Å². The lowest BCUT2D eigenvalue weighted by Gasteiger charge is -2.40. The lowest BCUT2D eigenvalue weighted by molar-refractivity contribution is 0.000227. The molecule has 1 N–H and O–H groups in total. The molecule has 9 nitrogen and oxygen atoms in total. The smallest absolute Gasteiger partial charge is 0.272 e. The lowest BCUT2D eigenvalue weighted by Crippen LogP contribution is -2.48. The van der Waals surface area contributed by atoms with E-state index in [1.165, 1.54) is 19.0 Å². The van der Waals surface area contributed by atoms with E-state index >= 15 is 0 Å². The molecule has 1 aromatic heterocycles. The average Bonchev–Trinajstić information content (AvgIpc) is 3.48. The fraction of sp³-hybridized carbons (Fsp3) is 0.556. The van der Waals surface area contributed by atoms with Gasteiger partial charge in [0.05, 0.1) is 23.7 Å². The van der Waals surface area contributed by atoms with E-state index in [1.807, 2.05) is 24.3 Å². The minimum absolute atomic E-state index is 0.0592. The van der Waals surface area contributed by atoms with E-state index in [1.54, 1.807) is 5.01 Å². The molecule has 2 aromatic rings. The average molecular weight is 569 g/mol. The summed E-state index contributed by atoms with van der Waals surface area (Å²) in [5.41, 5.74) is 5.02. The van der Waals surface area contributed by atoms with Crippen molar-refractivity contribution < 1.29 is 9.53 Å². The fourth-order valence-electron chi connectivity index (χ4n) is 5.67. The number of morpholine rings is 1. The summed E-state index contributed by atoms with van der Waals surface area (Å²) in [6, 6.07) is 10.7. The van der Waals surface area contributed by atoms with Gasteiger partial charge in [-0.05, 0) is 72.4 Å². The Morgan fingerprint density at radius 1 is 1.16 bits per heavy atom. The second-order valence-corrected chi connectivity index (χ2v) is 10.9. The van der Waals surface area contributed by atoms with E-state index in [4.69, 9.17) is 4.74 Å². The summed E-state index contributed by atoms with van der Waals surface area (Å²) in [5.74, 6) is 0.402. The van der Waals surface area contributed by atoms with Crippen molar-refractivity contribution >= 4 is 27.7 Å². The van der Waals surface area contributed by atoms with Crippen molar-refractivity contribution in [2.45, 2.75) is 57.2 Å². The minimum Gasteiger partial charge on any atom is -0.379 e. The minimum atomic E-state index is -0.0798. The Morgan fingerprint density at radius 3 is 2.65 bits per heavy atom. The van der Waals surface area contributed by atoms with Crippen LogP contribution in [0.5, 0.6) is 0 Å². The number of carbonyl (C=O) groups is 1. The summed E-state index contributed by atoms with van der Waals surface area (Å²) < 4.78 is 6.12. The van der Waals surface area contributed by atoms with Gasteiger partial charge in [-0.25, -0.2) is 9.99 Å². The number of likely N-dealkylation sites (tertiary alicyclic amines) is 1. The highest BCUT2D eigenvalue weighted by atomic mass is 79.9. The first-order chi connectivity index (χ1) is 18.1. The fourth-order valence-corrected chi connectivity index (χ4v) is 5.95. The molecule has 2 aliphatic heterocycles. The first kappa shape index (κ1) is 26.0. The van der Waals surface area contributed by atoms with Gasteiger partial charge in [-0.3, -0.25) is 20.0 Å². The molecule has 37 heavy (non-hydrogen) atoms. The number of nitriles is 1. The summed E-state index contributed by atoms with van der Waals surface area (Å²) in [7, 11) is 0. The number of rotatable bonds is 7. The second kappa shape index (κ2) is 12.3. The third-order valence-corrected chi connectivity index (χ3v) is 8.26. The number of aromatic nitrogens is 2. The van der Waals surface area contributed by atoms with Gasteiger partial charge in [0.2, 0.25) is 5.82 Å². The lowest BCUT2D eigenvalue weighted by atomic mass is 10.0. The van der Waals surface area contributed by atoms with Gasteiger partial charge in [0.15, 0.2) is 5.82 Å². The molecule has 1 amide bonds. The molecule has 10 heteroatoms. The maximum absolute atomic E-state index is 13.8. The Bertz CT molecular complexity index is 1120. The third kappa shape index (κ3) is 6.47. The molecule has 1 aliphatic carbocycles. The van der Waals surface area contributed by atoms with Crippen LogP contribution in [0.4, 0.5) is 5.82 Å². The Hall–Kier alpha value is -2.58. The SMILES string of the molecule is N#Cc1ncc(Br)c(NN(C(=O)c2cccc(CN3CCC(N4CCOCC4)CC3)c2)C2CCCC2)n1. The normalized spacial score (nSPS) is 20.0. The number of amides is 1. The van der Waals surface area contributed by atoms with Gasteiger partial charge in [-0.2, -0.15) is 10.2 Å². The van der Waals surface area contributed by atoms with E-state index in [0.717, 1.165) is 77.2 Å². The van der Waals surface area contributed by atoms with E-state index in [0.29, 0.717) is 21.9 Å². The third-order valence-electron chi connectivity index (χ3n) is 7.68. The van der Waals surface area contributed by atoms with E-state index < -0.39 is 0 Å². The van der Waals surface area contributed by atoms with Gasteiger partial charge < -0.3 is 4.74 Å². The zero-order chi connectivity index (χ0) is 25.6. The van der Waals surface area contributed by atoms with Gasteiger partial charge >= 0.3 is 0 Å². The Labute approximate surface area is 226 Å². The zero-order valence-corrected chi connectivity index (χ0v) is 22.7. The molecular formula is C27H34BrN7O2. The first-order valence-electron chi connectivity index (χ1n) is 13.3. The Morgan fingerprint density at radius 2 is 1.92 bits per heavy atom. The van der Waals surface area contributed by atoms with Crippen molar-refractivity contribution in [3.8, 4) is 6.07 Å². The molecule has 196 valence electrons. The molecule has 2 saturated heterocycles. The molecule has 1 aromatic carbocycles. The van der Waals surface area contributed by atoms with Crippen LogP contribution in [-0.4, -0.2) is 82.2 Å². The zero-order valence-electron chi connectivity index (χ0n) is 21.1. The second-order valence-electron chi connectivity index (χ2n) is 10.1. The van der Waals surface area contributed by atoms with Crippen LogP contribution >= 0.6 is 15.9 Å². The number of hydrogen-bond acceptors (Lipinski definition) is 8. The Kier molecular flexibility index (Phi) is 8.66. The summed E-state index contributed by atoms with van der Waals surface area (Å²) in [6.07, 6.45) is 7.94. The van der Waals surface area contributed by atoms with Crippen LogP contribution in [0.1, 0.15) is 60.3 Å². The van der Waals surface area contributed by atoms with Crippen LogP contribution < -0.4 is 5.43 Å². The maximum atomic E-state index is 13.8. The van der Waals surface area contributed by atoms with E-state index in [9.17, 15) is 10.1 Å². The van der Waals surface area contributed by atoms with Gasteiger partial charge in [-0.15, -0.1) is 0 Å². The number of carbonyl (C=O) groups excluding carboxylic acids is 1. The highest BCUT2D eigenvalue weighted by Crippen LogP contribution is 2.28. The van der Waals surface area contributed by atoms with Gasteiger partial charge in [0.25, 0.3) is 5.91 Å². The van der Waals surface area contributed by atoms with Crippen molar-refractivity contribution in [3.63, 3.8) is 0 Å². The molecule has 3 heterocycles. The summed E-state index contributed by atoms with van der Waals surface area (Å²) in [5, 5.41) is 10.9. The molecule has 3 fully saturated rings. The standard InChI is InChI=1S/C27H34BrN7O2/c28-24-18-30-25(17-29)31-26(24)32-35(23-6-1-2-7-23)27(36)21-5-3-4-20(16-21)19-33-10-8-22(9-11-33)34-12-14-37-15-13-34/h3-5,16,18,22-23H,1-2,6-15,19H2,(H,30,31,32). The number of nitrogens with zero attached hydrogens (tertiary/aromatic N) is 6. The number of nitrogens with one attached hydrogen (secondary N) is 1. The van der Waals surface area contributed by atoms with Crippen LogP contribution in [0.3, 0.4) is 0 Å². The van der Waals surface area contributed by atoms with Crippen molar-refractivity contribution in [1.29, 1.82) is 5.26 Å². The van der Waals surface area contributed by atoms with E-state index in [2.05, 4.69) is 47.2 Å². The number of halogens is 1. The van der Waals surface area contributed by atoms with E-state index in [-0.39, 0.29) is 17.8 Å². The monoisotopic (exact) mass is 567 g/mol. The molecule has 3 aliphatic rings. The van der Waals surface area contributed by atoms with Gasteiger partial charge in [0, 0.05) is 37.4 Å². The number of ether oxygens (including phenoxy) is 1.